The third kappa shape index (κ3) is 3.46. The maximum atomic E-state index is 4.74. The van der Waals surface area contributed by atoms with Crippen molar-refractivity contribution >= 4 is 0 Å². The lowest BCUT2D eigenvalue weighted by atomic mass is 10.1. The fraction of sp³-hybridized carbons (Fsp3) is 0.350. The van der Waals surface area contributed by atoms with Gasteiger partial charge in [-0.05, 0) is 12.1 Å². The predicted molar refractivity (Wildman–Crippen MR) is 97.5 cm³/mol. The van der Waals surface area contributed by atoms with Crippen LogP contribution in [0.15, 0.2) is 48.9 Å². The third-order valence-electron chi connectivity index (χ3n) is 4.61. The van der Waals surface area contributed by atoms with Gasteiger partial charge in [-0.1, -0.05) is 32.0 Å². The van der Waals surface area contributed by atoms with Crippen LogP contribution in [0.25, 0.3) is 5.69 Å². The fourth-order valence-electron chi connectivity index (χ4n) is 3.23. The smallest absolute Gasteiger partial charge is 0.131 e. The highest BCUT2D eigenvalue weighted by Gasteiger charge is 2.19. The molecule has 0 radical (unpaired) electrons. The molecular formula is C20H23N5. The summed E-state index contributed by atoms with van der Waals surface area (Å²) >= 11 is 0. The zero-order valence-corrected chi connectivity index (χ0v) is 14.8. The molecule has 1 aliphatic heterocycles. The maximum absolute atomic E-state index is 4.74. The van der Waals surface area contributed by atoms with Crippen molar-refractivity contribution in [1.82, 2.24) is 24.6 Å². The third-order valence-corrected chi connectivity index (χ3v) is 4.61. The lowest BCUT2D eigenvalue weighted by Gasteiger charge is -2.27. The summed E-state index contributed by atoms with van der Waals surface area (Å²) in [5.74, 6) is 1.34. The topological polar surface area (TPSA) is 46.8 Å². The summed E-state index contributed by atoms with van der Waals surface area (Å²) < 4.78 is 1.94. The summed E-state index contributed by atoms with van der Waals surface area (Å²) in [5, 5.41) is 4.49. The van der Waals surface area contributed by atoms with E-state index in [4.69, 9.17) is 4.98 Å². The fourth-order valence-corrected chi connectivity index (χ4v) is 3.23. The Morgan fingerprint density at radius 2 is 1.96 bits per heavy atom. The van der Waals surface area contributed by atoms with Gasteiger partial charge in [0.25, 0.3) is 0 Å². The van der Waals surface area contributed by atoms with Crippen LogP contribution in [0.4, 0.5) is 0 Å². The van der Waals surface area contributed by atoms with Crippen LogP contribution in [0.2, 0.25) is 0 Å². The van der Waals surface area contributed by atoms with Gasteiger partial charge >= 0.3 is 0 Å². The molecule has 0 saturated carbocycles. The molecule has 1 aliphatic rings. The highest BCUT2D eigenvalue weighted by Crippen LogP contribution is 2.20. The van der Waals surface area contributed by atoms with Crippen molar-refractivity contribution in [2.75, 3.05) is 6.54 Å². The Hall–Kier alpha value is -2.53. The Balaban J connectivity index is 1.45. The van der Waals surface area contributed by atoms with E-state index in [2.05, 4.69) is 47.2 Å². The summed E-state index contributed by atoms with van der Waals surface area (Å²) in [5.41, 5.74) is 4.79. The number of benzene rings is 1. The molecule has 0 fully saturated rings. The lowest BCUT2D eigenvalue weighted by Crippen LogP contribution is -2.31. The van der Waals surface area contributed by atoms with E-state index in [0.717, 1.165) is 37.6 Å². The molecule has 0 spiro atoms. The number of nitrogens with zero attached hydrogens (tertiary/aromatic N) is 5. The van der Waals surface area contributed by atoms with E-state index >= 15 is 0 Å². The summed E-state index contributed by atoms with van der Waals surface area (Å²) in [4.78, 5) is 11.7. The van der Waals surface area contributed by atoms with Crippen molar-refractivity contribution in [2.45, 2.75) is 39.3 Å². The standard InChI is InChI=1S/C20H23N5/c1-15(2)20-21-11-17-14-24(9-8-19(17)23-20)12-16-10-22-25(13-16)18-6-4-3-5-7-18/h3-7,10-11,13,15H,8-9,12,14H2,1-2H3. The molecule has 0 amide bonds. The first-order valence-corrected chi connectivity index (χ1v) is 8.85. The second-order valence-electron chi connectivity index (χ2n) is 6.94. The van der Waals surface area contributed by atoms with Crippen molar-refractivity contribution < 1.29 is 0 Å². The van der Waals surface area contributed by atoms with Crippen LogP contribution < -0.4 is 0 Å². The molecule has 0 saturated heterocycles. The van der Waals surface area contributed by atoms with Crippen molar-refractivity contribution in [3.63, 3.8) is 0 Å². The van der Waals surface area contributed by atoms with Crippen molar-refractivity contribution in [3.05, 3.63) is 71.6 Å². The van der Waals surface area contributed by atoms with E-state index < -0.39 is 0 Å². The van der Waals surface area contributed by atoms with E-state index in [0.29, 0.717) is 5.92 Å². The van der Waals surface area contributed by atoms with E-state index in [1.54, 1.807) is 0 Å². The normalized spacial score (nSPS) is 14.7. The molecule has 0 unspecified atom stereocenters. The predicted octanol–water partition coefficient (Wildman–Crippen LogP) is 3.34. The van der Waals surface area contributed by atoms with E-state index in [-0.39, 0.29) is 0 Å². The summed E-state index contributed by atoms with van der Waals surface area (Å²) in [6, 6.07) is 10.2. The molecule has 5 nitrogen and oxygen atoms in total. The molecule has 0 atom stereocenters. The first-order valence-electron chi connectivity index (χ1n) is 8.85. The maximum Gasteiger partial charge on any atom is 0.131 e. The van der Waals surface area contributed by atoms with Gasteiger partial charge in [-0.2, -0.15) is 5.10 Å². The number of hydrogen-bond donors (Lipinski definition) is 0. The van der Waals surface area contributed by atoms with Crippen LogP contribution in [0.5, 0.6) is 0 Å². The first kappa shape index (κ1) is 16.0. The van der Waals surface area contributed by atoms with Gasteiger partial charge in [0.1, 0.15) is 5.82 Å². The van der Waals surface area contributed by atoms with Crippen LogP contribution in [-0.4, -0.2) is 31.2 Å². The van der Waals surface area contributed by atoms with Crippen LogP contribution in [-0.2, 0) is 19.5 Å². The minimum Gasteiger partial charge on any atom is -0.294 e. The largest absolute Gasteiger partial charge is 0.294 e. The Kier molecular flexibility index (Phi) is 4.32. The molecule has 0 bridgehead atoms. The Morgan fingerprint density at radius 1 is 1.12 bits per heavy atom. The number of fused-ring (bicyclic) bond motifs is 1. The highest BCUT2D eigenvalue weighted by molar-refractivity contribution is 5.31. The van der Waals surface area contributed by atoms with Crippen LogP contribution >= 0.6 is 0 Å². The molecule has 0 N–H and O–H groups in total. The molecular weight excluding hydrogens is 310 g/mol. The summed E-state index contributed by atoms with van der Waals surface area (Å²) in [6.45, 7) is 7.11. The zero-order chi connectivity index (χ0) is 17.2. The van der Waals surface area contributed by atoms with Gasteiger partial charge in [0.05, 0.1) is 11.9 Å². The monoisotopic (exact) mass is 333 g/mol. The van der Waals surface area contributed by atoms with Gasteiger partial charge in [-0.25, -0.2) is 14.6 Å². The van der Waals surface area contributed by atoms with E-state index in [9.17, 15) is 0 Å². The second-order valence-corrected chi connectivity index (χ2v) is 6.94. The molecule has 3 heterocycles. The molecule has 4 rings (SSSR count). The van der Waals surface area contributed by atoms with E-state index in [1.807, 2.05) is 35.3 Å². The Labute approximate surface area is 148 Å². The van der Waals surface area contributed by atoms with Crippen molar-refractivity contribution in [2.24, 2.45) is 0 Å². The van der Waals surface area contributed by atoms with Gasteiger partial charge in [0.2, 0.25) is 0 Å². The minimum atomic E-state index is 0.382. The molecule has 128 valence electrons. The van der Waals surface area contributed by atoms with Gasteiger partial charge < -0.3 is 0 Å². The van der Waals surface area contributed by atoms with Gasteiger partial charge in [0, 0.05) is 61.2 Å². The molecule has 3 aromatic rings. The SMILES string of the molecule is CC(C)c1ncc2c(n1)CCN(Cc1cnn(-c3ccccc3)c1)C2. The number of hydrogen-bond acceptors (Lipinski definition) is 4. The summed E-state index contributed by atoms with van der Waals surface area (Å²) in [6.07, 6.45) is 7.08. The average Bonchev–Trinajstić information content (AvgIpc) is 3.10. The minimum absolute atomic E-state index is 0.382. The molecule has 1 aromatic carbocycles. The second kappa shape index (κ2) is 6.76. The van der Waals surface area contributed by atoms with Gasteiger partial charge in [0.15, 0.2) is 0 Å². The van der Waals surface area contributed by atoms with E-state index in [1.165, 1.54) is 16.8 Å². The Morgan fingerprint density at radius 3 is 2.76 bits per heavy atom. The number of para-hydroxylation sites is 1. The lowest BCUT2D eigenvalue weighted by molar-refractivity contribution is 0.242. The van der Waals surface area contributed by atoms with Gasteiger partial charge in [-0.15, -0.1) is 0 Å². The quantitative estimate of drug-likeness (QED) is 0.735. The van der Waals surface area contributed by atoms with Crippen LogP contribution in [0.1, 0.15) is 42.4 Å². The zero-order valence-electron chi connectivity index (χ0n) is 14.8. The number of aromatic nitrogens is 4. The molecule has 2 aromatic heterocycles. The van der Waals surface area contributed by atoms with Gasteiger partial charge in [-0.3, -0.25) is 4.90 Å². The average molecular weight is 333 g/mol. The van der Waals surface area contributed by atoms with Crippen molar-refractivity contribution in [1.29, 1.82) is 0 Å². The Bertz CT molecular complexity index is 854. The molecule has 0 aliphatic carbocycles. The van der Waals surface area contributed by atoms with Crippen LogP contribution in [0.3, 0.4) is 0 Å². The molecule has 25 heavy (non-hydrogen) atoms. The van der Waals surface area contributed by atoms with Crippen LogP contribution in [0, 0.1) is 0 Å². The number of rotatable bonds is 4. The highest BCUT2D eigenvalue weighted by atomic mass is 15.3. The molecule has 5 heteroatoms. The van der Waals surface area contributed by atoms with Crippen molar-refractivity contribution in [3.8, 4) is 5.69 Å². The summed E-state index contributed by atoms with van der Waals surface area (Å²) in [7, 11) is 0. The first-order chi connectivity index (χ1) is 12.2.